The van der Waals surface area contributed by atoms with E-state index < -0.39 is 5.63 Å². The van der Waals surface area contributed by atoms with Crippen molar-refractivity contribution < 1.29 is 9.21 Å². The highest BCUT2D eigenvalue weighted by atomic mass is 16.4. The van der Waals surface area contributed by atoms with E-state index in [4.69, 9.17) is 10.3 Å². The molecule has 2 rings (SSSR count). The van der Waals surface area contributed by atoms with E-state index >= 15 is 0 Å². The zero-order valence-electron chi connectivity index (χ0n) is 7.69. The Labute approximate surface area is 84.5 Å². The van der Waals surface area contributed by atoms with Gasteiger partial charge in [-0.05, 0) is 24.3 Å². The zero-order valence-corrected chi connectivity index (χ0v) is 7.69. The summed E-state index contributed by atoms with van der Waals surface area (Å²) in [6, 6.07) is 7.58. The SMILES string of the molecule is NNC(=O)c1ccc2oc(=O)ccc2c1. The fourth-order valence-corrected chi connectivity index (χ4v) is 1.30. The molecule has 0 bridgehead atoms. The van der Waals surface area contributed by atoms with Gasteiger partial charge in [0.05, 0.1) is 0 Å². The summed E-state index contributed by atoms with van der Waals surface area (Å²) in [6.45, 7) is 0. The lowest BCUT2D eigenvalue weighted by atomic mass is 10.1. The lowest BCUT2D eigenvalue weighted by Gasteiger charge is -2.00. The van der Waals surface area contributed by atoms with Crippen LogP contribution in [0.5, 0.6) is 0 Å². The van der Waals surface area contributed by atoms with Gasteiger partial charge in [-0.25, -0.2) is 10.6 Å². The van der Waals surface area contributed by atoms with E-state index in [0.717, 1.165) is 0 Å². The van der Waals surface area contributed by atoms with E-state index in [1.165, 1.54) is 12.1 Å². The van der Waals surface area contributed by atoms with Gasteiger partial charge in [-0.2, -0.15) is 0 Å². The molecule has 0 aliphatic rings. The van der Waals surface area contributed by atoms with Gasteiger partial charge in [0.1, 0.15) is 5.58 Å². The normalized spacial score (nSPS) is 10.2. The minimum absolute atomic E-state index is 0.386. The molecule has 1 aromatic heterocycles. The van der Waals surface area contributed by atoms with Crippen LogP contribution in [0.1, 0.15) is 10.4 Å². The standard InChI is InChI=1S/C10H8N2O3/c11-12-10(14)7-1-3-8-6(5-7)2-4-9(13)15-8/h1-5H,11H2,(H,12,14). The molecule has 2 aromatic rings. The number of nitrogens with two attached hydrogens (primary N) is 1. The second-order valence-corrected chi connectivity index (χ2v) is 2.98. The molecule has 76 valence electrons. The molecule has 0 aliphatic carbocycles. The van der Waals surface area contributed by atoms with E-state index in [9.17, 15) is 9.59 Å². The lowest BCUT2D eigenvalue weighted by Crippen LogP contribution is -2.29. The molecule has 1 heterocycles. The summed E-state index contributed by atoms with van der Waals surface area (Å²) in [4.78, 5) is 22.1. The van der Waals surface area contributed by atoms with Gasteiger partial charge >= 0.3 is 5.63 Å². The number of rotatable bonds is 1. The largest absolute Gasteiger partial charge is 0.423 e. The average Bonchev–Trinajstić information content (AvgIpc) is 2.27. The summed E-state index contributed by atoms with van der Waals surface area (Å²) < 4.78 is 4.91. The fourth-order valence-electron chi connectivity index (χ4n) is 1.30. The Morgan fingerprint density at radius 2 is 2.07 bits per heavy atom. The fraction of sp³-hybridized carbons (Fsp3) is 0. The van der Waals surface area contributed by atoms with Crippen LogP contribution >= 0.6 is 0 Å². The summed E-state index contributed by atoms with van der Waals surface area (Å²) in [7, 11) is 0. The van der Waals surface area contributed by atoms with Crippen LogP contribution in [-0.2, 0) is 0 Å². The third-order valence-electron chi connectivity index (χ3n) is 2.01. The van der Waals surface area contributed by atoms with Crippen LogP contribution < -0.4 is 16.9 Å². The number of carbonyl (C=O) groups is 1. The van der Waals surface area contributed by atoms with Gasteiger partial charge in [0.25, 0.3) is 5.91 Å². The molecule has 0 radical (unpaired) electrons. The molecule has 5 nitrogen and oxygen atoms in total. The molecule has 0 saturated heterocycles. The molecule has 5 heteroatoms. The molecule has 0 fully saturated rings. The number of hydrazine groups is 1. The number of benzene rings is 1. The molecule has 0 saturated carbocycles. The van der Waals surface area contributed by atoms with Gasteiger partial charge in [0.2, 0.25) is 0 Å². The second-order valence-electron chi connectivity index (χ2n) is 2.98. The van der Waals surface area contributed by atoms with Gasteiger partial charge in [0.15, 0.2) is 0 Å². The molecular formula is C10H8N2O3. The molecule has 0 spiro atoms. The summed E-state index contributed by atoms with van der Waals surface area (Å²) >= 11 is 0. The summed E-state index contributed by atoms with van der Waals surface area (Å²) in [6.07, 6.45) is 0. The lowest BCUT2D eigenvalue weighted by molar-refractivity contribution is 0.0954. The van der Waals surface area contributed by atoms with E-state index in [1.807, 2.05) is 5.43 Å². The van der Waals surface area contributed by atoms with Crippen molar-refractivity contribution in [2.75, 3.05) is 0 Å². The summed E-state index contributed by atoms with van der Waals surface area (Å²) in [5, 5.41) is 0.677. The molecule has 0 atom stereocenters. The quantitative estimate of drug-likeness (QED) is 0.304. The monoisotopic (exact) mass is 204 g/mol. The Morgan fingerprint density at radius 1 is 1.27 bits per heavy atom. The topological polar surface area (TPSA) is 85.3 Å². The Balaban J connectivity index is 2.62. The van der Waals surface area contributed by atoms with Crippen molar-refractivity contribution in [1.82, 2.24) is 5.43 Å². The zero-order chi connectivity index (χ0) is 10.8. The first-order valence-electron chi connectivity index (χ1n) is 4.25. The second kappa shape index (κ2) is 3.55. The number of nitrogen functional groups attached to an aromatic ring is 1. The average molecular weight is 204 g/mol. The van der Waals surface area contributed by atoms with E-state index in [2.05, 4.69) is 0 Å². The van der Waals surface area contributed by atoms with E-state index in [0.29, 0.717) is 16.5 Å². The van der Waals surface area contributed by atoms with Crippen LogP contribution in [-0.4, -0.2) is 5.91 Å². The molecular weight excluding hydrogens is 196 g/mol. The predicted molar refractivity (Wildman–Crippen MR) is 54.1 cm³/mol. The van der Waals surface area contributed by atoms with E-state index in [-0.39, 0.29) is 5.91 Å². The van der Waals surface area contributed by atoms with Gasteiger partial charge in [-0.1, -0.05) is 0 Å². The number of carbonyl (C=O) groups excluding carboxylic acids is 1. The van der Waals surface area contributed by atoms with Crippen LogP contribution in [0, 0.1) is 0 Å². The number of nitrogens with one attached hydrogen (secondary N) is 1. The van der Waals surface area contributed by atoms with Crippen molar-refractivity contribution in [3.05, 3.63) is 46.3 Å². The van der Waals surface area contributed by atoms with Gasteiger partial charge in [-0.15, -0.1) is 0 Å². The highest BCUT2D eigenvalue weighted by Crippen LogP contribution is 2.13. The maximum absolute atomic E-state index is 11.2. The van der Waals surface area contributed by atoms with Crippen molar-refractivity contribution in [2.24, 2.45) is 5.84 Å². The Bertz CT molecular complexity index is 574. The highest BCUT2D eigenvalue weighted by Gasteiger charge is 2.05. The summed E-state index contributed by atoms with van der Waals surface area (Å²) in [5.74, 6) is 4.61. The van der Waals surface area contributed by atoms with Gasteiger partial charge in [-0.3, -0.25) is 10.2 Å². The van der Waals surface area contributed by atoms with Crippen LogP contribution in [0.25, 0.3) is 11.0 Å². The first-order valence-corrected chi connectivity index (χ1v) is 4.25. The number of amides is 1. The minimum atomic E-state index is -0.418. The van der Waals surface area contributed by atoms with Gasteiger partial charge < -0.3 is 4.42 Å². The molecule has 15 heavy (non-hydrogen) atoms. The minimum Gasteiger partial charge on any atom is -0.423 e. The Morgan fingerprint density at radius 3 is 2.80 bits per heavy atom. The molecule has 3 N–H and O–H groups in total. The Kier molecular flexibility index (Phi) is 2.23. The predicted octanol–water partition coefficient (Wildman–Crippen LogP) is 0.396. The maximum atomic E-state index is 11.2. The van der Waals surface area contributed by atoms with Crippen LogP contribution in [0.4, 0.5) is 0 Å². The number of fused-ring (bicyclic) bond motifs is 1. The number of hydrogen-bond donors (Lipinski definition) is 2. The van der Waals surface area contributed by atoms with E-state index in [1.54, 1.807) is 18.2 Å². The molecule has 1 aromatic carbocycles. The number of hydrogen-bond acceptors (Lipinski definition) is 4. The van der Waals surface area contributed by atoms with Crippen molar-refractivity contribution >= 4 is 16.9 Å². The molecule has 0 aliphatic heterocycles. The third kappa shape index (κ3) is 1.72. The van der Waals surface area contributed by atoms with Crippen molar-refractivity contribution in [1.29, 1.82) is 0 Å². The highest BCUT2D eigenvalue weighted by molar-refractivity contribution is 5.97. The van der Waals surface area contributed by atoms with Crippen LogP contribution in [0.3, 0.4) is 0 Å². The van der Waals surface area contributed by atoms with Crippen LogP contribution in [0.15, 0.2) is 39.5 Å². The first-order chi connectivity index (χ1) is 7.20. The molecule has 0 unspecified atom stereocenters. The first kappa shape index (κ1) is 9.42. The van der Waals surface area contributed by atoms with Crippen molar-refractivity contribution in [2.45, 2.75) is 0 Å². The summed E-state index contributed by atoms with van der Waals surface area (Å²) in [5.41, 5.74) is 2.46. The van der Waals surface area contributed by atoms with Crippen LogP contribution in [0.2, 0.25) is 0 Å². The Hall–Kier alpha value is -2.14. The van der Waals surface area contributed by atoms with Gasteiger partial charge in [0, 0.05) is 17.0 Å². The smallest absolute Gasteiger partial charge is 0.336 e. The molecule has 1 amide bonds. The maximum Gasteiger partial charge on any atom is 0.336 e. The van der Waals surface area contributed by atoms with Crippen molar-refractivity contribution in [3.8, 4) is 0 Å². The third-order valence-corrected chi connectivity index (χ3v) is 2.01. The van der Waals surface area contributed by atoms with Crippen molar-refractivity contribution in [3.63, 3.8) is 0 Å².